The first-order valence-corrected chi connectivity index (χ1v) is 9.09. The lowest BCUT2D eigenvalue weighted by Gasteiger charge is -2.36. The molecule has 1 amide bonds. The average molecular weight is 304 g/mol. The molecule has 1 aliphatic carbocycles. The van der Waals surface area contributed by atoms with Crippen molar-refractivity contribution in [2.75, 3.05) is 19.6 Å². The number of carbonyl (C=O) groups is 1. The van der Waals surface area contributed by atoms with Crippen LogP contribution in [-0.4, -0.2) is 41.4 Å². The Morgan fingerprint density at radius 1 is 1.19 bits per heavy atom. The Labute approximate surface area is 130 Å². The van der Waals surface area contributed by atoms with Crippen molar-refractivity contribution in [2.45, 2.75) is 45.2 Å². The number of nitrogens with zero attached hydrogens (tertiary/aromatic N) is 2. The van der Waals surface area contributed by atoms with E-state index in [1.165, 1.54) is 29.0 Å². The summed E-state index contributed by atoms with van der Waals surface area (Å²) < 4.78 is 0. The van der Waals surface area contributed by atoms with Gasteiger partial charge in [-0.15, -0.1) is 11.3 Å². The Balaban J connectivity index is 1.48. The van der Waals surface area contributed by atoms with Gasteiger partial charge >= 0.3 is 0 Å². The minimum absolute atomic E-state index is 0.253. The first kappa shape index (κ1) is 13.8. The fourth-order valence-corrected chi connectivity index (χ4v) is 4.80. The predicted molar refractivity (Wildman–Crippen MR) is 85.3 cm³/mol. The van der Waals surface area contributed by atoms with E-state index in [2.05, 4.69) is 28.9 Å². The number of carbonyl (C=O) groups excluding carboxylic acids is 1. The van der Waals surface area contributed by atoms with E-state index >= 15 is 0 Å². The fraction of sp³-hybridized carbons (Fsp3) is 0.706. The molecule has 5 rings (SSSR count). The number of amides is 1. The second kappa shape index (κ2) is 5.40. The average Bonchev–Trinajstić information content (AvgIpc) is 3.22. The summed E-state index contributed by atoms with van der Waals surface area (Å²) in [6.07, 6.45) is 4.98. The summed E-state index contributed by atoms with van der Waals surface area (Å²) in [6.45, 7) is 6.27. The molecule has 2 atom stereocenters. The summed E-state index contributed by atoms with van der Waals surface area (Å²) in [5.74, 6) is 1.51. The van der Waals surface area contributed by atoms with Crippen molar-refractivity contribution in [1.82, 2.24) is 9.80 Å². The van der Waals surface area contributed by atoms with E-state index in [4.69, 9.17) is 0 Å². The zero-order valence-corrected chi connectivity index (χ0v) is 13.6. The smallest absolute Gasteiger partial charge is 0.227 e. The molecule has 3 aliphatic heterocycles. The van der Waals surface area contributed by atoms with Gasteiger partial charge in [-0.05, 0) is 50.7 Å². The maximum absolute atomic E-state index is 12.7. The third-order valence-corrected chi connectivity index (χ3v) is 6.18. The number of aryl methyl sites for hydroxylation is 1. The molecule has 1 saturated carbocycles. The molecule has 4 fully saturated rings. The topological polar surface area (TPSA) is 23.6 Å². The Morgan fingerprint density at radius 3 is 2.76 bits per heavy atom. The molecular weight excluding hydrogens is 280 g/mol. The van der Waals surface area contributed by atoms with Crippen molar-refractivity contribution in [1.29, 1.82) is 0 Å². The van der Waals surface area contributed by atoms with Crippen LogP contribution in [0.25, 0.3) is 0 Å². The zero-order valence-electron chi connectivity index (χ0n) is 12.8. The summed E-state index contributed by atoms with van der Waals surface area (Å²) >= 11 is 1.89. The quantitative estimate of drug-likeness (QED) is 0.854. The normalized spacial score (nSPS) is 30.0. The molecule has 1 aromatic rings. The van der Waals surface area contributed by atoms with Crippen LogP contribution in [0.15, 0.2) is 12.1 Å². The lowest BCUT2D eigenvalue weighted by Crippen LogP contribution is -2.48. The molecule has 3 nitrogen and oxygen atoms in total. The molecule has 0 spiro atoms. The van der Waals surface area contributed by atoms with Crippen LogP contribution in [0.5, 0.6) is 0 Å². The lowest BCUT2D eigenvalue weighted by molar-refractivity contribution is -0.140. The maximum Gasteiger partial charge on any atom is 0.227 e. The number of fused-ring (bicyclic) bond motifs is 4. The van der Waals surface area contributed by atoms with Crippen LogP contribution in [0.4, 0.5) is 0 Å². The molecule has 4 heteroatoms. The van der Waals surface area contributed by atoms with E-state index < -0.39 is 0 Å². The second-order valence-electron chi connectivity index (χ2n) is 7.07. The monoisotopic (exact) mass is 304 g/mol. The molecule has 4 aliphatic rings. The summed E-state index contributed by atoms with van der Waals surface area (Å²) in [6, 6.07) is 4.92. The SMILES string of the molecule is Cc1ccc(CN2C[C@@H]3CC[C@H](C2)N(CC2CC2)C3=O)s1. The van der Waals surface area contributed by atoms with Crippen molar-refractivity contribution < 1.29 is 4.79 Å². The van der Waals surface area contributed by atoms with Crippen molar-refractivity contribution in [3.8, 4) is 0 Å². The molecule has 0 N–H and O–H groups in total. The molecule has 1 aromatic heterocycles. The third kappa shape index (κ3) is 2.88. The minimum Gasteiger partial charge on any atom is -0.338 e. The van der Waals surface area contributed by atoms with Crippen molar-refractivity contribution in [3.05, 3.63) is 21.9 Å². The molecule has 0 unspecified atom stereocenters. The van der Waals surface area contributed by atoms with E-state index in [0.717, 1.165) is 38.5 Å². The van der Waals surface area contributed by atoms with Gasteiger partial charge in [0.05, 0.1) is 5.92 Å². The lowest BCUT2D eigenvalue weighted by atomic mass is 9.94. The van der Waals surface area contributed by atoms with Gasteiger partial charge in [-0.3, -0.25) is 9.69 Å². The molecule has 114 valence electrons. The van der Waals surface area contributed by atoms with Gasteiger partial charge in [-0.2, -0.15) is 0 Å². The predicted octanol–water partition coefficient (Wildman–Crippen LogP) is 2.89. The summed E-state index contributed by atoms with van der Waals surface area (Å²) in [4.78, 5) is 20.3. The van der Waals surface area contributed by atoms with Crippen LogP contribution >= 0.6 is 11.3 Å². The van der Waals surface area contributed by atoms with Gasteiger partial charge in [0, 0.05) is 42.0 Å². The first-order valence-electron chi connectivity index (χ1n) is 8.27. The first-order chi connectivity index (χ1) is 10.2. The largest absolute Gasteiger partial charge is 0.338 e. The molecule has 0 aromatic carbocycles. The van der Waals surface area contributed by atoms with E-state index in [1.807, 2.05) is 11.3 Å². The van der Waals surface area contributed by atoms with E-state index in [0.29, 0.717) is 11.9 Å². The van der Waals surface area contributed by atoms with Crippen molar-refractivity contribution in [3.63, 3.8) is 0 Å². The second-order valence-corrected chi connectivity index (χ2v) is 8.44. The summed E-state index contributed by atoms with van der Waals surface area (Å²) in [7, 11) is 0. The maximum atomic E-state index is 12.7. The minimum atomic E-state index is 0.253. The zero-order chi connectivity index (χ0) is 14.4. The number of rotatable bonds is 4. The Bertz CT molecular complexity index is 537. The van der Waals surface area contributed by atoms with Gasteiger partial charge in [0.15, 0.2) is 0 Å². The van der Waals surface area contributed by atoms with Gasteiger partial charge in [-0.25, -0.2) is 0 Å². The van der Waals surface area contributed by atoms with Gasteiger partial charge < -0.3 is 4.90 Å². The van der Waals surface area contributed by atoms with Crippen LogP contribution < -0.4 is 0 Å². The highest BCUT2D eigenvalue weighted by molar-refractivity contribution is 7.11. The van der Waals surface area contributed by atoms with Crippen molar-refractivity contribution >= 4 is 17.2 Å². The highest BCUT2D eigenvalue weighted by atomic mass is 32.1. The Hall–Kier alpha value is -0.870. The Kier molecular flexibility index (Phi) is 3.54. The van der Waals surface area contributed by atoms with Gasteiger partial charge in [-0.1, -0.05) is 0 Å². The Morgan fingerprint density at radius 2 is 2.05 bits per heavy atom. The van der Waals surface area contributed by atoms with Crippen LogP contribution in [0.3, 0.4) is 0 Å². The van der Waals surface area contributed by atoms with E-state index in [9.17, 15) is 4.79 Å². The van der Waals surface area contributed by atoms with Gasteiger partial charge in [0.25, 0.3) is 0 Å². The summed E-state index contributed by atoms with van der Waals surface area (Å²) in [5.41, 5.74) is 0. The van der Waals surface area contributed by atoms with Crippen LogP contribution in [0, 0.1) is 18.8 Å². The highest BCUT2D eigenvalue weighted by Crippen LogP contribution is 2.36. The van der Waals surface area contributed by atoms with Crippen LogP contribution in [0.2, 0.25) is 0 Å². The number of piperidine rings is 1. The number of hydrogen-bond donors (Lipinski definition) is 0. The molecular formula is C17H24N2OS. The van der Waals surface area contributed by atoms with E-state index in [1.54, 1.807) is 0 Å². The molecule has 3 saturated heterocycles. The van der Waals surface area contributed by atoms with Crippen LogP contribution in [0.1, 0.15) is 35.4 Å². The van der Waals surface area contributed by atoms with Gasteiger partial charge in [0.2, 0.25) is 5.91 Å². The van der Waals surface area contributed by atoms with E-state index in [-0.39, 0.29) is 5.92 Å². The van der Waals surface area contributed by atoms with Crippen LogP contribution in [-0.2, 0) is 11.3 Å². The van der Waals surface area contributed by atoms with Crippen molar-refractivity contribution in [2.24, 2.45) is 11.8 Å². The number of thiophene rings is 1. The molecule has 2 bridgehead atoms. The third-order valence-electron chi connectivity index (χ3n) is 5.20. The highest BCUT2D eigenvalue weighted by Gasteiger charge is 2.42. The molecule has 0 radical (unpaired) electrons. The fourth-order valence-electron chi connectivity index (χ4n) is 3.87. The number of hydrogen-bond acceptors (Lipinski definition) is 3. The molecule has 21 heavy (non-hydrogen) atoms. The van der Waals surface area contributed by atoms with Gasteiger partial charge in [0.1, 0.15) is 0 Å². The molecule has 4 heterocycles. The standard InChI is InChI=1S/C17H24N2OS/c1-12-2-7-16(21-12)11-18-9-14-5-6-15(10-18)19(17(14)20)8-13-3-4-13/h2,7,13-15H,3-6,8-11H2,1H3/t14-,15+/m0/s1. The summed E-state index contributed by atoms with van der Waals surface area (Å²) in [5, 5.41) is 0.